The summed E-state index contributed by atoms with van der Waals surface area (Å²) in [6, 6.07) is 13.6. The van der Waals surface area contributed by atoms with Gasteiger partial charge >= 0.3 is 5.97 Å². The van der Waals surface area contributed by atoms with Crippen molar-refractivity contribution in [2.75, 3.05) is 33.3 Å². The summed E-state index contributed by atoms with van der Waals surface area (Å²) in [6.07, 6.45) is 0. The van der Waals surface area contributed by atoms with E-state index in [9.17, 15) is 13.2 Å². The molecule has 0 unspecified atom stereocenters. The fourth-order valence-corrected chi connectivity index (χ4v) is 4.80. The van der Waals surface area contributed by atoms with Crippen LogP contribution < -0.4 is 0 Å². The number of esters is 1. The molecule has 0 radical (unpaired) electrons. The van der Waals surface area contributed by atoms with E-state index < -0.39 is 10.0 Å². The lowest BCUT2D eigenvalue weighted by Gasteiger charge is -2.34. The Kier molecular flexibility index (Phi) is 6.16. The topological polar surface area (TPSA) is 66.9 Å². The molecule has 1 saturated heterocycles. The van der Waals surface area contributed by atoms with Crippen LogP contribution in [0.1, 0.15) is 15.9 Å². The Morgan fingerprint density at radius 1 is 1.07 bits per heavy atom. The fourth-order valence-electron chi connectivity index (χ4n) is 3.08. The molecule has 0 aliphatic carbocycles. The number of rotatable bonds is 5. The number of piperazine rings is 1. The zero-order valence-corrected chi connectivity index (χ0v) is 16.5. The molecule has 3 rings (SSSR count). The van der Waals surface area contributed by atoms with Crippen molar-refractivity contribution >= 4 is 27.6 Å². The van der Waals surface area contributed by atoms with Crippen LogP contribution in [-0.4, -0.2) is 56.9 Å². The quantitative estimate of drug-likeness (QED) is 0.711. The summed E-state index contributed by atoms with van der Waals surface area (Å²) in [6.45, 7) is 2.69. The number of halogens is 1. The molecule has 0 saturated carbocycles. The lowest BCUT2D eigenvalue weighted by molar-refractivity contribution is 0.0600. The first kappa shape index (κ1) is 19.8. The number of benzene rings is 2. The molecule has 2 aromatic carbocycles. The van der Waals surface area contributed by atoms with Gasteiger partial charge in [-0.2, -0.15) is 4.31 Å². The third-order valence-corrected chi connectivity index (χ3v) is 6.65. The highest BCUT2D eigenvalue weighted by Gasteiger charge is 2.28. The highest BCUT2D eigenvalue weighted by atomic mass is 35.5. The first-order chi connectivity index (χ1) is 12.9. The van der Waals surface area contributed by atoms with Gasteiger partial charge in [-0.3, -0.25) is 4.90 Å². The number of carbonyl (C=O) groups excluding carboxylic acids is 1. The Balaban J connectivity index is 1.63. The van der Waals surface area contributed by atoms with Crippen molar-refractivity contribution in [3.05, 3.63) is 64.7 Å². The van der Waals surface area contributed by atoms with Gasteiger partial charge in [0, 0.05) is 37.7 Å². The number of hydrogen-bond acceptors (Lipinski definition) is 5. The molecule has 0 N–H and O–H groups in total. The van der Waals surface area contributed by atoms with E-state index in [-0.39, 0.29) is 10.9 Å². The van der Waals surface area contributed by atoms with Gasteiger partial charge in [0.1, 0.15) is 0 Å². The first-order valence-corrected chi connectivity index (χ1v) is 10.4. The Labute approximate surface area is 164 Å². The van der Waals surface area contributed by atoms with E-state index in [2.05, 4.69) is 4.90 Å². The summed E-state index contributed by atoms with van der Waals surface area (Å²) < 4.78 is 31.7. The SMILES string of the molecule is COC(=O)c1cccc(CN2CCN(S(=O)(=O)c3cccc(Cl)c3)CC2)c1. The molecule has 1 heterocycles. The molecule has 144 valence electrons. The van der Waals surface area contributed by atoms with Crippen LogP contribution in [0, 0.1) is 0 Å². The maximum atomic E-state index is 12.8. The molecule has 0 amide bonds. The predicted molar refractivity (Wildman–Crippen MR) is 103 cm³/mol. The van der Waals surface area contributed by atoms with Gasteiger partial charge in [-0.15, -0.1) is 0 Å². The first-order valence-electron chi connectivity index (χ1n) is 8.55. The van der Waals surface area contributed by atoms with Crippen molar-refractivity contribution in [1.29, 1.82) is 0 Å². The Hall–Kier alpha value is -1.93. The molecule has 2 aromatic rings. The van der Waals surface area contributed by atoms with E-state index in [1.54, 1.807) is 30.3 Å². The summed E-state index contributed by atoms with van der Waals surface area (Å²) in [4.78, 5) is 14.0. The van der Waals surface area contributed by atoms with Crippen LogP contribution >= 0.6 is 11.6 Å². The van der Waals surface area contributed by atoms with Crippen molar-refractivity contribution in [3.8, 4) is 0 Å². The average Bonchev–Trinajstić information content (AvgIpc) is 2.68. The highest BCUT2D eigenvalue weighted by Crippen LogP contribution is 2.21. The molecule has 8 heteroatoms. The molecule has 27 heavy (non-hydrogen) atoms. The number of methoxy groups -OCH3 is 1. The van der Waals surface area contributed by atoms with Crippen LogP contribution in [0.25, 0.3) is 0 Å². The second-order valence-electron chi connectivity index (χ2n) is 6.33. The number of carbonyl (C=O) groups is 1. The van der Waals surface area contributed by atoms with Crippen molar-refractivity contribution in [1.82, 2.24) is 9.21 Å². The van der Waals surface area contributed by atoms with E-state index in [0.717, 1.165) is 5.56 Å². The predicted octanol–water partition coefficient (Wildman–Crippen LogP) is 2.63. The van der Waals surface area contributed by atoms with Crippen LogP contribution in [0.2, 0.25) is 5.02 Å². The summed E-state index contributed by atoms with van der Waals surface area (Å²) in [7, 11) is -2.19. The van der Waals surface area contributed by atoms with E-state index in [4.69, 9.17) is 16.3 Å². The molecule has 0 spiro atoms. The van der Waals surface area contributed by atoms with Crippen molar-refractivity contribution in [2.45, 2.75) is 11.4 Å². The molecule has 0 bridgehead atoms. The fraction of sp³-hybridized carbons (Fsp3) is 0.316. The standard InChI is InChI=1S/C19H21ClN2O4S/c1-26-19(23)16-5-2-4-15(12-16)14-21-8-10-22(11-9-21)27(24,25)18-7-3-6-17(20)13-18/h2-7,12-13H,8-11,14H2,1H3. The average molecular weight is 409 g/mol. The van der Waals surface area contributed by atoms with Gasteiger partial charge in [-0.25, -0.2) is 13.2 Å². The van der Waals surface area contributed by atoms with E-state index in [1.165, 1.54) is 17.5 Å². The van der Waals surface area contributed by atoms with Crippen LogP contribution in [0.5, 0.6) is 0 Å². The minimum atomic E-state index is -3.54. The number of sulfonamides is 1. The van der Waals surface area contributed by atoms with Gasteiger partial charge in [0.2, 0.25) is 10.0 Å². The summed E-state index contributed by atoms with van der Waals surface area (Å²) in [5.74, 6) is -0.366. The highest BCUT2D eigenvalue weighted by molar-refractivity contribution is 7.89. The zero-order valence-electron chi connectivity index (χ0n) is 15.0. The van der Waals surface area contributed by atoms with Gasteiger partial charge in [0.25, 0.3) is 0 Å². The molecule has 6 nitrogen and oxygen atoms in total. The molecular weight excluding hydrogens is 388 g/mol. The molecule has 1 aliphatic heterocycles. The zero-order chi connectivity index (χ0) is 19.4. The molecule has 1 aliphatic rings. The summed E-state index contributed by atoms with van der Waals surface area (Å²) in [5.41, 5.74) is 1.50. The van der Waals surface area contributed by atoms with Crippen LogP contribution in [0.3, 0.4) is 0 Å². The van der Waals surface area contributed by atoms with Gasteiger partial charge in [0.05, 0.1) is 17.6 Å². The Bertz CT molecular complexity index is 925. The minimum Gasteiger partial charge on any atom is -0.465 e. The lowest BCUT2D eigenvalue weighted by atomic mass is 10.1. The van der Waals surface area contributed by atoms with E-state index in [0.29, 0.717) is 43.3 Å². The van der Waals surface area contributed by atoms with Crippen LogP contribution in [-0.2, 0) is 21.3 Å². The van der Waals surface area contributed by atoms with E-state index in [1.807, 2.05) is 12.1 Å². The van der Waals surface area contributed by atoms with Gasteiger partial charge in [-0.1, -0.05) is 29.8 Å². The lowest BCUT2D eigenvalue weighted by Crippen LogP contribution is -2.48. The number of nitrogens with zero attached hydrogens (tertiary/aromatic N) is 2. The largest absolute Gasteiger partial charge is 0.465 e. The second kappa shape index (κ2) is 8.39. The van der Waals surface area contributed by atoms with Gasteiger partial charge in [-0.05, 0) is 35.9 Å². The third kappa shape index (κ3) is 4.68. The van der Waals surface area contributed by atoms with Gasteiger partial charge in [0.15, 0.2) is 0 Å². The maximum absolute atomic E-state index is 12.8. The number of hydrogen-bond donors (Lipinski definition) is 0. The molecule has 0 aromatic heterocycles. The third-order valence-electron chi connectivity index (χ3n) is 4.52. The monoisotopic (exact) mass is 408 g/mol. The molecule has 1 fully saturated rings. The Morgan fingerprint density at radius 3 is 2.44 bits per heavy atom. The second-order valence-corrected chi connectivity index (χ2v) is 8.70. The molecular formula is C19H21ClN2O4S. The van der Waals surface area contributed by atoms with Crippen molar-refractivity contribution < 1.29 is 17.9 Å². The minimum absolute atomic E-state index is 0.217. The Morgan fingerprint density at radius 2 is 1.78 bits per heavy atom. The normalized spacial score (nSPS) is 16.2. The van der Waals surface area contributed by atoms with Crippen molar-refractivity contribution in [2.24, 2.45) is 0 Å². The summed E-state index contributed by atoms with van der Waals surface area (Å²) >= 11 is 5.92. The van der Waals surface area contributed by atoms with E-state index >= 15 is 0 Å². The van der Waals surface area contributed by atoms with Crippen LogP contribution in [0.4, 0.5) is 0 Å². The van der Waals surface area contributed by atoms with Crippen molar-refractivity contribution in [3.63, 3.8) is 0 Å². The van der Waals surface area contributed by atoms with Gasteiger partial charge < -0.3 is 4.74 Å². The summed E-state index contributed by atoms with van der Waals surface area (Å²) in [5, 5.41) is 0.403. The van der Waals surface area contributed by atoms with Crippen LogP contribution in [0.15, 0.2) is 53.4 Å². The number of ether oxygens (including phenoxy) is 1. The smallest absolute Gasteiger partial charge is 0.337 e. The molecule has 0 atom stereocenters. The maximum Gasteiger partial charge on any atom is 0.337 e.